The zero-order valence-electron chi connectivity index (χ0n) is 8.34. The Hall–Kier alpha value is -1.72. The fourth-order valence-corrected chi connectivity index (χ4v) is 1.05. The van der Waals surface area contributed by atoms with E-state index in [0.29, 0.717) is 11.4 Å². The van der Waals surface area contributed by atoms with Gasteiger partial charge in [-0.3, -0.25) is 4.79 Å². The monoisotopic (exact) mass is 232 g/mol. The summed E-state index contributed by atoms with van der Waals surface area (Å²) in [5, 5.41) is 2.35. The zero-order valence-corrected chi connectivity index (χ0v) is 8.34. The van der Waals surface area contributed by atoms with Crippen molar-refractivity contribution in [2.24, 2.45) is 0 Å². The molecule has 0 aliphatic heterocycles. The van der Waals surface area contributed by atoms with Gasteiger partial charge in [0.2, 0.25) is 5.91 Å². The number of rotatable bonds is 3. The number of alkyl halides is 3. The highest BCUT2D eigenvalue weighted by Gasteiger charge is 2.27. The SMILES string of the molecule is Nc1ccc(NC(=O)CCC(F)(F)F)cc1. The second-order valence-electron chi connectivity index (χ2n) is 3.29. The van der Waals surface area contributed by atoms with E-state index in [2.05, 4.69) is 5.32 Å². The van der Waals surface area contributed by atoms with Crippen LogP contribution in [0.5, 0.6) is 0 Å². The summed E-state index contributed by atoms with van der Waals surface area (Å²) in [7, 11) is 0. The quantitative estimate of drug-likeness (QED) is 0.787. The molecule has 0 aliphatic carbocycles. The summed E-state index contributed by atoms with van der Waals surface area (Å²) in [6.45, 7) is 0. The van der Waals surface area contributed by atoms with Gasteiger partial charge in [0.15, 0.2) is 0 Å². The molecule has 1 rings (SSSR count). The lowest BCUT2D eigenvalue weighted by Crippen LogP contribution is -2.16. The van der Waals surface area contributed by atoms with Crippen LogP contribution < -0.4 is 11.1 Å². The number of nitrogen functional groups attached to an aromatic ring is 1. The summed E-state index contributed by atoms with van der Waals surface area (Å²) in [5.41, 5.74) is 6.37. The van der Waals surface area contributed by atoms with E-state index in [9.17, 15) is 18.0 Å². The molecule has 0 heterocycles. The van der Waals surface area contributed by atoms with Crippen LogP contribution in [0.3, 0.4) is 0 Å². The average molecular weight is 232 g/mol. The number of carbonyl (C=O) groups excluding carboxylic acids is 1. The Kier molecular flexibility index (Phi) is 3.76. The van der Waals surface area contributed by atoms with Crippen LogP contribution in [0.15, 0.2) is 24.3 Å². The highest BCUT2D eigenvalue weighted by molar-refractivity contribution is 5.90. The molecule has 0 radical (unpaired) electrons. The largest absolute Gasteiger partial charge is 0.399 e. The number of hydrogen-bond donors (Lipinski definition) is 2. The maximum Gasteiger partial charge on any atom is 0.389 e. The first-order chi connectivity index (χ1) is 7.37. The maximum absolute atomic E-state index is 11.8. The Labute approximate surface area is 90.4 Å². The van der Waals surface area contributed by atoms with Crippen LogP contribution in [0.2, 0.25) is 0 Å². The van der Waals surface area contributed by atoms with Crippen LogP contribution in [-0.2, 0) is 4.79 Å². The van der Waals surface area contributed by atoms with Gasteiger partial charge in [0.05, 0.1) is 6.42 Å². The van der Waals surface area contributed by atoms with Gasteiger partial charge < -0.3 is 11.1 Å². The molecule has 0 spiro atoms. The fraction of sp³-hybridized carbons (Fsp3) is 0.300. The molecule has 88 valence electrons. The van der Waals surface area contributed by atoms with Crippen molar-refractivity contribution < 1.29 is 18.0 Å². The normalized spacial score (nSPS) is 11.2. The predicted octanol–water partition coefficient (Wildman–Crippen LogP) is 2.55. The van der Waals surface area contributed by atoms with E-state index < -0.39 is 24.9 Å². The minimum atomic E-state index is -4.31. The standard InChI is InChI=1S/C10H11F3N2O/c11-10(12,13)6-5-9(16)15-8-3-1-7(14)2-4-8/h1-4H,5-6,14H2,(H,15,16). The van der Waals surface area contributed by atoms with Crippen LogP contribution in [-0.4, -0.2) is 12.1 Å². The van der Waals surface area contributed by atoms with Gasteiger partial charge >= 0.3 is 6.18 Å². The molecule has 0 saturated heterocycles. The van der Waals surface area contributed by atoms with Crippen LogP contribution in [0.4, 0.5) is 24.5 Å². The van der Waals surface area contributed by atoms with Gasteiger partial charge in [-0.25, -0.2) is 0 Å². The fourth-order valence-electron chi connectivity index (χ4n) is 1.05. The number of benzene rings is 1. The minimum absolute atomic E-state index is 0.432. The first kappa shape index (κ1) is 12.4. The Bertz CT molecular complexity index is 359. The Morgan fingerprint density at radius 2 is 1.81 bits per heavy atom. The molecule has 3 nitrogen and oxygen atoms in total. The molecule has 0 bridgehead atoms. The van der Waals surface area contributed by atoms with Crippen molar-refractivity contribution in [3.63, 3.8) is 0 Å². The lowest BCUT2D eigenvalue weighted by atomic mass is 10.2. The maximum atomic E-state index is 11.8. The lowest BCUT2D eigenvalue weighted by Gasteiger charge is -2.07. The number of halogens is 3. The zero-order chi connectivity index (χ0) is 12.2. The summed E-state index contributed by atoms with van der Waals surface area (Å²) in [5.74, 6) is -0.665. The Morgan fingerprint density at radius 1 is 1.25 bits per heavy atom. The van der Waals surface area contributed by atoms with E-state index in [1.807, 2.05) is 0 Å². The minimum Gasteiger partial charge on any atom is -0.399 e. The van der Waals surface area contributed by atoms with Gasteiger partial charge in [-0.1, -0.05) is 0 Å². The highest BCUT2D eigenvalue weighted by atomic mass is 19.4. The van der Waals surface area contributed by atoms with Gasteiger partial charge in [-0.2, -0.15) is 13.2 Å². The molecule has 0 atom stereocenters. The van der Waals surface area contributed by atoms with Gasteiger partial charge in [0.25, 0.3) is 0 Å². The molecule has 1 aromatic carbocycles. The van der Waals surface area contributed by atoms with E-state index in [1.165, 1.54) is 12.1 Å². The van der Waals surface area contributed by atoms with E-state index in [-0.39, 0.29) is 0 Å². The van der Waals surface area contributed by atoms with Crippen molar-refractivity contribution in [1.29, 1.82) is 0 Å². The number of nitrogens with two attached hydrogens (primary N) is 1. The summed E-state index contributed by atoms with van der Waals surface area (Å²) < 4.78 is 35.4. The summed E-state index contributed by atoms with van der Waals surface area (Å²) in [4.78, 5) is 11.1. The molecule has 0 aliphatic rings. The van der Waals surface area contributed by atoms with Crippen molar-refractivity contribution in [3.05, 3.63) is 24.3 Å². The first-order valence-electron chi connectivity index (χ1n) is 4.59. The van der Waals surface area contributed by atoms with Gasteiger partial charge in [-0.05, 0) is 24.3 Å². The molecule has 0 saturated carbocycles. The molecular formula is C10H11F3N2O. The summed E-state index contributed by atoms with van der Waals surface area (Å²) in [6.07, 6.45) is -6.00. The first-order valence-corrected chi connectivity index (χ1v) is 4.59. The molecule has 0 fully saturated rings. The second kappa shape index (κ2) is 4.87. The predicted molar refractivity (Wildman–Crippen MR) is 54.8 cm³/mol. The number of carbonyl (C=O) groups is 1. The molecule has 1 aromatic rings. The third kappa shape index (κ3) is 4.68. The smallest absolute Gasteiger partial charge is 0.389 e. The van der Waals surface area contributed by atoms with Crippen LogP contribution >= 0.6 is 0 Å². The van der Waals surface area contributed by atoms with Crippen molar-refractivity contribution in [1.82, 2.24) is 0 Å². The molecule has 0 aromatic heterocycles. The third-order valence-corrected chi connectivity index (χ3v) is 1.83. The molecule has 0 unspecified atom stereocenters. The van der Waals surface area contributed by atoms with E-state index in [1.54, 1.807) is 12.1 Å². The lowest BCUT2D eigenvalue weighted by molar-refractivity contribution is -0.142. The van der Waals surface area contributed by atoms with E-state index in [4.69, 9.17) is 5.73 Å². The highest BCUT2D eigenvalue weighted by Crippen LogP contribution is 2.21. The van der Waals surface area contributed by atoms with Crippen LogP contribution in [0.1, 0.15) is 12.8 Å². The van der Waals surface area contributed by atoms with Gasteiger partial charge in [0, 0.05) is 17.8 Å². The van der Waals surface area contributed by atoms with Crippen molar-refractivity contribution in [2.45, 2.75) is 19.0 Å². The Balaban J connectivity index is 2.43. The third-order valence-electron chi connectivity index (χ3n) is 1.83. The van der Waals surface area contributed by atoms with Crippen LogP contribution in [0.25, 0.3) is 0 Å². The second-order valence-corrected chi connectivity index (χ2v) is 3.29. The number of amides is 1. The molecule has 6 heteroatoms. The van der Waals surface area contributed by atoms with E-state index in [0.717, 1.165) is 0 Å². The molecule has 3 N–H and O–H groups in total. The number of anilines is 2. The number of hydrogen-bond acceptors (Lipinski definition) is 2. The summed E-state index contributed by atoms with van der Waals surface area (Å²) in [6, 6.07) is 6.17. The van der Waals surface area contributed by atoms with Gasteiger partial charge in [-0.15, -0.1) is 0 Å². The summed E-state index contributed by atoms with van der Waals surface area (Å²) >= 11 is 0. The molecule has 1 amide bonds. The van der Waals surface area contributed by atoms with Crippen molar-refractivity contribution in [3.8, 4) is 0 Å². The van der Waals surface area contributed by atoms with Crippen molar-refractivity contribution in [2.75, 3.05) is 11.1 Å². The van der Waals surface area contributed by atoms with Crippen LogP contribution in [0, 0.1) is 0 Å². The number of nitrogens with one attached hydrogen (secondary N) is 1. The topological polar surface area (TPSA) is 55.1 Å². The average Bonchev–Trinajstić information content (AvgIpc) is 2.18. The van der Waals surface area contributed by atoms with Crippen molar-refractivity contribution >= 4 is 17.3 Å². The molecule has 16 heavy (non-hydrogen) atoms. The molecular weight excluding hydrogens is 221 g/mol. The van der Waals surface area contributed by atoms with E-state index >= 15 is 0 Å². The van der Waals surface area contributed by atoms with Gasteiger partial charge in [0.1, 0.15) is 0 Å². The Morgan fingerprint density at radius 3 is 2.31 bits per heavy atom.